The van der Waals surface area contributed by atoms with Gasteiger partial charge >= 0.3 is 0 Å². The minimum absolute atomic E-state index is 0.654. The van der Waals surface area contributed by atoms with Crippen LogP contribution < -0.4 is 4.74 Å². The van der Waals surface area contributed by atoms with Gasteiger partial charge in [0.25, 0.3) is 0 Å². The van der Waals surface area contributed by atoms with Crippen molar-refractivity contribution in [3.05, 3.63) is 47.7 Å². The molecule has 0 amide bonds. The number of nitrogens with zero attached hydrogens (tertiary/aromatic N) is 2. The van der Waals surface area contributed by atoms with Gasteiger partial charge in [-0.25, -0.2) is 4.98 Å². The van der Waals surface area contributed by atoms with Crippen molar-refractivity contribution < 1.29 is 4.74 Å². The molecule has 0 radical (unpaired) electrons. The zero-order chi connectivity index (χ0) is 27.6. The fourth-order valence-electron chi connectivity index (χ4n) is 6.82. The lowest BCUT2D eigenvalue weighted by atomic mass is 9.87. The highest BCUT2D eigenvalue weighted by molar-refractivity contribution is 5.91. The lowest BCUT2D eigenvalue weighted by Crippen LogP contribution is -2.41. The second-order valence-electron chi connectivity index (χ2n) is 12.0. The molecule has 214 valence electrons. The van der Waals surface area contributed by atoms with Gasteiger partial charge in [-0.2, -0.15) is 0 Å². The number of nitrogens with one attached hydrogen (secondary N) is 1. The molecule has 1 aliphatic heterocycles. The largest absolute Gasteiger partial charge is 0.481 e. The van der Waals surface area contributed by atoms with Crippen LogP contribution in [0.2, 0.25) is 0 Å². The number of fused-ring (bicyclic) bond motifs is 1. The molecular weight excluding hydrogens is 478 g/mol. The predicted molar refractivity (Wildman–Crippen MR) is 167 cm³/mol. The average molecular weight is 532 g/mol. The molecule has 39 heavy (non-hydrogen) atoms. The van der Waals surface area contributed by atoms with Gasteiger partial charge in [0.2, 0.25) is 5.88 Å². The Bertz CT molecular complexity index is 1140. The Morgan fingerprint density at radius 1 is 0.974 bits per heavy atom. The van der Waals surface area contributed by atoms with E-state index < -0.39 is 0 Å². The standard InChI is InChI=1S/C29H41N3O.C6H12/c1-5-8-10-24(9-6-2)32-17-14-21(15-18-32)22-11-12-27-26(19-22)25(7-3)29(31-27)23-13-16-30-28(20-23)33-4;1-6-4-2-3-5-6/h11-13,16,19-21,24,31H,5-10,14-15,17-18H2,1-4H3;6H,2-5H2,1H3. The Morgan fingerprint density at radius 2 is 1.74 bits per heavy atom. The number of unbranched alkanes of at least 4 members (excludes halogenated alkanes) is 1. The predicted octanol–water partition coefficient (Wildman–Crippen LogP) is 9.54. The Labute approximate surface area is 237 Å². The molecule has 0 spiro atoms. The van der Waals surface area contributed by atoms with Gasteiger partial charge < -0.3 is 14.6 Å². The third-order valence-electron chi connectivity index (χ3n) is 9.19. The minimum atomic E-state index is 0.654. The number of hydrogen-bond acceptors (Lipinski definition) is 3. The van der Waals surface area contributed by atoms with Crippen LogP contribution in [-0.4, -0.2) is 41.1 Å². The summed E-state index contributed by atoms with van der Waals surface area (Å²) in [6, 6.07) is 12.0. The van der Waals surface area contributed by atoms with Crippen LogP contribution in [0.5, 0.6) is 5.88 Å². The summed E-state index contributed by atoms with van der Waals surface area (Å²) < 4.78 is 5.36. The first-order chi connectivity index (χ1) is 19.1. The molecule has 0 bridgehead atoms. The van der Waals surface area contributed by atoms with E-state index in [0.29, 0.717) is 11.8 Å². The molecular formula is C35H53N3O. The summed E-state index contributed by atoms with van der Waals surface area (Å²) in [6.45, 7) is 11.7. The number of piperidine rings is 1. The molecule has 1 atom stereocenters. The SMILES string of the molecule is CC1CCCC1.CCCCC(CCC)N1CCC(c2ccc3[nH]c(-c4ccnc(OC)c4)c(CC)c3c2)CC1. The molecule has 1 aromatic carbocycles. The number of methoxy groups -OCH3 is 1. The van der Waals surface area contributed by atoms with Gasteiger partial charge in [-0.05, 0) is 86.4 Å². The van der Waals surface area contributed by atoms with E-state index in [0.717, 1.165) is 23.9 Å². The van der Waals surface area contributed by atoms with Crippen molar-refractivity contribution in [2.75, 3.05) is 20.2 Å². The van der Waals surface area contributed by atoms with Crippen molar-refractivity contribution in [3.63, 3.8) is 0 Å². The molecule has 2 aromatic heterocycles. The zero-order valence-electron chi connectivity index (χ0n) is 25.4. The van der Waals surface area contributed by atoms with E-state index in [1.165, 1.54) is 111 Å². The van der Waals surface area contributed by atoms with E-state index in [9.17, 15) is 0 Å². The molecule has 1 saturated heterocycles. The molecule has 2 fully saturated rings. The maximum atomic E-state index is 5.36. The second kappa shape index (κ2) is 14.9. The van der Waals surface area contributed by atoms with Crippen LogP contribution in [0.25, 0.3) is 22.2 Å². The van der Waals surface area contributed by atoms with Gasteiger partial charge in [-0.15, -0.1) is 0 Å². The van der Waals surface area contributed by atoms with Crippen LogP contribution in [0.15, 0.2) is 36.5 Å². The molecule has 1 unspecified atom stereocenters. The number of benzene rings is 1. The van der Waals surface area contributed by atoms with E-state index in [4.69, 9.17) is 4.74 Å². The van der Waals surface area contributed by atoms with Gasteiger partial charge in [0, 0.05) is 40.5 Å². The Kier molecular flexibility index (Phi) is 11.3. The van der Waals surface area contributed by atoms with E-state index in [1.54, 1.807) is 7.11 Å². The monoisotopic (exact) mass is 531 g/mol. The number of H-pyrrole nitrogens is 1. The first kappa shape index (κ1) is 29.6. The summed E-state index contributed by atoms with van der Waals surface area (Å²) in [5.41, 5.74) is 6.45. The van der Waals surface area contributed by atoms with Crippen molar-refractivity contribution >= 4 is 10.9 Å². The molecule has 1 saturated carbocycles. The summed E-state index contributed by atoms with van der Waals surface area (Å²) >= 11 is 0. The number of aromatic amines is 1. The highest BCUT2D eigenvalue weighted by Gasteiger charge is 2.26. The van der Waals surface area contributed by atoms with E-state index in [1.807, 2.05) is 12.3 Å². The van der Waals surface area contributed by atoms with Crippen molar-refractivity contribution in [1.29, 1.82) is 0 Å². The van der Waals surface area contributed by atoms with Crippen LogP contribution in [0.4, 0.5) is 0 Å². The highest BCUT2D eigenvalue weighted by Crippen LogP contribution is 2.36. The van der Waals surface area contributed by atoms with Crippen molar-refractivity contribution in [2.24, 2.45) is 5.92 Å². The number of aryl methyl sites for hydroxylation is 1. The number of aromatic nitrogens is 2. The lowest BCUT2D eigenvalue weighted by molar-refractivity contribution is 0.135. The lowest BCUT2D eigenvalue weighted by Gasteiger charge is -2.38. The van der Waals surface area contributed by atoms with Gasteiger partial charge in [0.05, 0.1) is 7.11 Å². The van der Waals surface area contributed by atoms with Gasteiger partial charge in [0.1, 0.15) is 0 Å². The van der Waals surface area contributed by atoms with Crippen LogP contribution >= 0.6 is 0 Å². The third kappa shape index (κ3) is 7.66. The summed E-state index contributed by atoms with van der Waals surface area (Å²) in [5, 5.41) is 1.37. The second-order valence-corrected chi connectivity index (χ2v) is 12.0. The number of rotatable bonds is 10. The topological polar surface area (TPSA) is 41.2 Å². The first-order valence-corrected chi connectivity index (χ1v) is 16.0. The number of ether oxygens (including phenoxy) is 1. The number of likely N-dealkylation sites (tertiary alicyclic amines) is 1. The van der Waals surface area contributed by atoms with Crippen molar-refractivity contribution in [3.8, 4) is 17.1 Å². The van der Waals surface area contributed by atoms with Gasteiger partial charge in [-0.1, -0.05) is 78.7 Å². The van der Waals surface area contributed by atoms with Crippen molar-refractivity contribution in [1.82, 2.24) is 14.9 Å². The maximum Gasteiger partial charge on any atom is 0.213 e. The molecule has 3 heterocycles. The Balaban J connectivity index is 0.000000519. The Morgan fingerprint density at radius 3 is 2.36 bits per heavy atom. The van der Waals surface area contributed by atoms with E-state index >= 15 is 0 Å². The fraction of sp³-hybridized carbons (Fsp3) is 0.629. The Hall–Kier alpha value is -2.33. The molecule has 4 heteroatoms. The summed E-state index contributed by atoms with van der Waals surface area (Å²) in [7, 11) is 1.67. The molecule has 2 aliphatic rings. The normalized spacial score (nSPS) is 17.8. The summed E-state index contributed by atoms with van der Waals surface area (Å²) in [5.74, 6) is 2.37. The van der Waals surface area contributed by atoms with E-state index in [-0.39, 0.29) is 0 Å². The first-order valence-electron chi connectivity index (χ1n) is 16.0. The summed E-state index contributed by atoms with van der Waals surface area (Å²) in [4.78, 5) is 10.7. The van der Waals surface area contributed by atoms with Crippen LogP contribution in [0, 0.1) is 5.92 Å². The third-order valence-corrected chi connectivity index (χ3v) is 9.19. The van der Waals surface area contributed by atoms with Crippen LogP contribution in [0.1, 0.15) is 115 Å². The van der Waals surface area contributed by atoms with Gasteiger partial charge in [-0.3, -0.25) is 0 Å². The highest BCUT2D eigenvalue weighted by atomic mass is 16.5. The van der Waals surface area contributed by atoms with E-state index in [2.05, 4.69) is 66.8 Å². The summed E-state index contributed by atoms with van der Waals surface area (Å²) in [6.07, 6.45) is 18.0. The zero-order valence-corrected chi connectivity index (χ0v) is 25.4. The number of hydrogen-bond donors (Lipinski definition) is 1. The minimum Gasteiger partial charge on any atom is -0.481 e. The molecule has 1 N–H and O–H groups in total. The molecule has 4 nitrogen and oxygen atoms in total. The van der Waals surface area contributed by atoms with Crippen LogP contribution in [0.3, 0.4) is 0 Å². The number of pyridine rings is 1. The van der Waals surface area contributed by atoms with Crippen LogP contribution in [-0.2, 0) is 6.42 Å². The smallest absolute Gasteiger partial charge is 0.213 e. The quantitative estimate of drug-likeness (QED) is 0.283. The average Bonchev–Trinajstić information content (AvgIpc) is 3.61. The van der Waals surface area contributed by atoms with Crippen molar-refractivity contribution in [2.45, 2.75) is 117 Å². The molecule has 5 rings (SSSR count). The maximum absolute atomic E-state index is 5.36. The van der Waals surface area contributed by atoms with Gasteiger partial charge in [0.15, 0.2) is 0 Å². The molecule has 3 aromatic rings. The fourth-order valence-corrected chi connectivity index (χ4v) is 6.82. The molecule has 1 aliphatic carbocycles.